The summed E-state index contributed by atoms with van der Waals surface area (Å²) in [7, 11) is -3.40. The van der Waals surface area contributed by atoms with E-state index in [1.807, 2.05) is 48.7 Å². The van der Waals surface area contributed by atoms with Gasteiger partial charge in [0.25, 0.3) is 0 Å². The van der Waals surface area contributed by atoms with E-state index >= 15 is 0 Å². The van der Waals surface area contributed by atoms with Crippen LogP contribution < -0.4 is 5.32 Å². The molecule has 0 saturated carbocycles. The molecule has 0 aliphatic heterocycles. The lowest BCUT2D eigenvalue weighted by Crippen LogP contribution is -2.34. The summed E-state index contributed by atoms with van der Waals surface area (Å²) in [5.74, 6) is -0.207. The third-order valence-electron chi connectivity index (χ3n) is 4.42. The largest absolute Gasteiger partial charge is 0.361 e. The molecule has 2 N–H and O–H groups in total. The van der Waals surface area contributed by atoms with Gasteiger partial charge in [-0.1, -0.05) is 36.4 Å². The number of hydrogen-bond acceptors (Lipinski definition) is 3. The maximum absolute atomic E-state index is 12.1. The first-order valence-corrected chi connectivity index (χ1v) is 10.6. The van der Waals surface area contributed by atoms with Crippen LogP contribution in [0.25, 0.3) is 10.9 Å². The highest BCUT2D eigenvalue weighted by Gasteiger charge is 2.18. The van der Waals surface area contributed by atoms with Gasteiger partial charge in [-0.3, -0.25) is 4.79 Å². The molecule has 3 rings (SSSR count). The van der Waals surface area contributed by atoms with Gasteiger partial charge in [0.05, 0.1) is 6.26 Å². The lowest BCUT2D eigenvalue weighted by molar-refractivity contribution is -0.116. The molecule has 1 amide bonds. The number of carbonyl (C=O) groups is 1. The second kappa shape index (κ2) is 8.37. The number of aromatic nitrogens is 1. The van der Waals surface area contributed by atoms with Crippen LogP contribution in [0.3, 0.4) is 0 Å². The van der Waals surface area contributed by atoms with Crippen molar-refractivity contribution in [1.82, 2.24) is 9.29 Å². The molecule has 0 bridgehead atoms. The number of carbonyl (C=O) groups excluding carboxylic acids is 1. The first kappa shape index (κ1) is 19.1. The second-order valence-corrected chi connectivity index (χ2v) is 8.42. The van der Waals surface area contributed by atoms with Gasteiger partial charge >= 0.3 is 0 Å². The maximum atomic E-state index is 12.1. The number of anilines is 1. The van der Waals surface area contributed by atoms with Gasteiger partial charge in [-0.05, 0) is 30.2 Å². The molecule has 0 atom stereocenters. The number of nitrogens with zero attached hydrogens (tertiary/aromatic N) is 1. The Bertz CT molecular complexity index is 1010. The molecule has 0 unspecified atom stereocenters. The topological polar surface area (TPSA) is 82.3 Å². The van der Waals surface area contributed by atoms with Crippen LogP contribution in [0.4, 0.5) is 5.69 Å². The number of rotatable bonds is 8. The van der Waals surface area contributed by atoms with Crippen LogP contribution in [0.5, 0.6) is 0 Å². The molecular weight excluding hydrogens is 362 g/mol. The van der Waals surface area contributed by atoms with Crippen molar-refractivity contribution in [1.29, 1.82) is 0 Å². The number of para-hydroxylation sites is 2. The Kier molecular flexibility index (Phi) is 5.93. The minimum atomic E-state index is -3.40. The van der Waals surface area contributed by atoms with E-state index in [1.54, 1.807) is 12.1 Å². The van der Waals surface area contributed by atoms with Gasteiger partial charge in [0.15, 0.2) is 0 Å². The molecule has 1 aromatic heterocycles. The summed E-state index contributed by atoms with van der Waals surface area (Å²) in [6.07, 6.45) is 3.78. The summed E-state index contributed by atoms with van der Waals surface area (Å²) in [5.41, 5.74) is 2.79. The van der Waals surface area contributed by atoms with Crippen LogP contribution in [0.1, 0.15) is 12.0 Å². The Morgan fingerprint density at radius 3 is 2.48 bits per heavy atom. The molecule has 0 spiro atoms. The monoisotopic (exact) mass is 385 g/mol. The SMILES string of the molecule is CS(=O)(=O)N(CCC(=O)Nc1ccccc1)CCc1c[nH]c2ccccc12. The van der Waals surface area contributed by atoms with E-state index in [1.165, 1.54) is 10.6 Å². The van der Waals surface area contributed by atoms with Gasteiger partial charge in [0.1, 0.15) is 0 Å². The molecule has 1 heterocycles. The van der Waals surface area contributed by atoms with Crippen molar-refractivity contribution in [2.24, 2.45) is 0 Å². The minimum absolute atomic E-state index is 0.107. The smallest absolute Gasteiger partial charge is 0.225 e. The zero-order chi connectivity index (χ0) is 19.3. The molecule has 7 heteroatoms. The van der Waals surface area contributed by atoms with E-state index in [-0.39, 0.29) is 18.9 Å². The van der Waals surface area contributed by atoms with E-state index in [0.29, 0.717) is 18.7 Å². The highest BCUT2D eigenvalue weighted by molar-refractivity contribution is 7.88. The average molecular weight is 385 g/mol. The zero-order valence-electron chi connectivity index (χ0n) is 15.2. The number of benzene rings is 2. The van der Waals surface area contributed by atoms with Crippen molar-refractivity contribution in [3.05, 3.63) is 66.4 Å². The predicted molar refractivity (Wildman–Crippen MR) is 108 cm³/mol. The fourth-order valence-corrected chi connectivity index (χ4v) is 3.84. The van der Waals surface area contributed by atoms with Gasteiger partial charge in [-0.25, -0.2) is 12.7 Å². The van der Waals surface area contributed by atoms with Crippen LogP contribution in [-0.4, -0.2) is 43.0 Å². The molecule has 0 aliphatic carbocycles. The van der Waals surface area contributed by atoms with Crippen LogP contribution >= 0.6 is 0 Å². The zero-order valence-corrected chi connectivity index (χ0v) is 16.0. The lowest BCUT2D eigenvalue weighted by Gasteiger charge is -2.19. The van der Waals surface area contributed by atoms with Crippen LogP contribution in [0.15, 0.2) is 60.8 Å². The Morgan fingerprint density at radius 1 is 1.04 bits per heavy atom. The van der Waals surface area contributed by atoms with E-state index in [4.69, 9.17) is 0 Å². The molecule has 3 aromatic rings. The molecule has 2 aromatic carbocycles. The van der Waals surface area contributed by atoms with Crippen molar-refractivity contribution in [2.75, 3.05) is 24.7 Å². The Balaban J connectivity index is 1.60. The van der Waals surface area contributed by atoms with Crippen LogP contribution in [-0.2, 0) is 21.2 Å². The van der Waals surface area contributed by atoms with Crippen molar-refractivity contribution in [3.63, 3.8) is 0 Å². The lowest BCUT2D eigenvalue weighted by atomic mass is 10.1. The number of fused-ring (bicyclic) bond motifs is 1. The van der Waals surface area contributed by atoms with Crippen molar-refractivity contribution >= 4 is 32.5 Å². The van der Waals surface area contributed by atoms with Gasteiger partial charge in [0.2, 0.25) is 15.9 Å². The summed E-state index contributed by atoms with van der Waals surface area (Å²) in [4.78, 5) is 15.3. The predicted octanol–water partition coefficient (Wildman–Crippen LogP) is 3.00. The Labute approximate surface area is 159 Å². The number of sulfonamides is 1. The summed E-state index contributed by atoms with van der Waals surface area (Å²) in [6, 6.07) is 17.0. The van der Waals surface area contributed by atoms with E-state index < -0.39 is 10.0 Å². The Hall–Kier alpha value is -2.64. The Morgan fingerprint density at radius 2 is 1.74 bits per heavy atom. The number of aromatic amines is 1. The first-order chi connectivity index (χ1) is 12.9. The van der Waals surface area contributed by atoms with E-state index in [9.17, 15) is 13.2 Å². The fourth-order valence-electron chi connectivity index (χ4n) is 3.00. The molecule has 0 aliphatic rings. The number of H-pyrrole nitrogens is 1. The quantitative estimate of drug-likeness (QED) is 0.625. The van der Waals surface area contributed by atoms with Crippen molar-refractivity contribution in [3.8, 4) is 0 Å². The summed E-state index contributed by atoms with van der Waals surface area (Å²) < 4.78 is 25.6. The molecule has 27 heavy (non-hydrogen) atoms. The average Bonchev–Trinajstić information content (AvgIpc) is 3.05. The van der Waals surface area contributed by atoms with Crippen LogP contribution in [0.2, 0.25) is 0 Å². The standard InChI is InChI=1S/C20H23N3O3S/c1-27(25,26)23(14-12-20(24)22-17-7-3-2-4-8-17)13-11-16-15-21-19-10-6-5-9-18(16)19/h2-10,15,21H,11-14H2,1H3,(H,22,24). The molecule has 6 nitrogen and oxygen atoms in total. The second-order valence-electron chi connectivity index (χ2n) is 6.44. The molecule has 0 fully saturated rings. The van der Waals surface area contributed by atoms with Crippen LogP contribution in [0, 0.1) is 0 Å². The minimum Gasteiger partial charge on any atom is -0.361 e. The van der Waals surface area contributed by atoms with Gasteiger partial charge in [-0.15, -0.1) is 0 Å². The van der Waals surface area contributed by atoms with Gasteiger partial charge in [-0.2, -0.15) is 0 Å². The third-order valence-corrected chi connectivity index (χ3v) is 5.72. The molecule has 0 saturated heterocycles. The summed E-state index contributed by atoms with van der Waals surface area (Å²) >= 11 is 0. The third kappa shape index (κ3) is 5.18. The number of nitrogens with one attached hydrogen (secondary N) is 2. The fraction of sp³-hybridized carbons (Fsp3) is 0.250. The van der Waals surface area contributed by atoms with Crippen molar-refractivity contribution in [2.45, 2.75) is 12.8 Å². The normalized spacial score (nSPS) is 11.8. The summed E-state index contributed by atoms with van der Waals surface area (Å²) in [6.45, 7) is 0.485. The number of hydrogen-bond donors (Lipinski definition) is 2. The van der Waals surface area contributed by atoms with Gasteiger partial charge in [0, 0.05) is 42.3 Å². The van der Waals surface area contributed by atoms with Gasteiger partial charge < -0.3 is 10.3 Å². The van der Waals surface area contributed by atoms with Crippen molar-refractivity contribution < 1.29 is 13.2 Å². The van der Waals surface area contributed by atoms with E-state index in [2.05, 4.69) is 10.3 Å². The highest BCUT2D eigenvalue weighted by Crippen LogP contribution is 2.18. The molecule has 142 valence electrons. The molecular formula is C20H23N3O3S. The number of amides is 1. The maximum Gasteiger partial charge on any atom is 0.225 e. The summed E-state index contributed by atoms with van der Waals surface area (Å²) in [5, 5.41) is 3.87. The molecule has 0 radical (unpaired) electrons. The van der Waals surface area contributed by atoms with E-state index in [0.717, 1.165) is 16.5 Å². The first-order valence-electron chi connectivity index (χ1n) is 8.78. The highest BCUT2D eigenvalue weighted by atomic mass is 32.2.